The third-order valence-corrected chi connectivity index (χ3v) is 2.38. The molecule has 3 aromatic rings. The molecule has 0 bridgehead atoms. The quantitative estimate of drug-likeness (QED) is 0.591. The molecule has 0 radical (unpaired) electrons. The molecular weight excluding hydrogens is 222 g/mol. The number of hydrogen-bond acceptors (Lipinski definition) is 2. The predicted octanol–water partition coefficient (Wildman–Crippen LogP) is 4.24. The Balaban J connectivity index is 0.000000371. The zero-order valence-electron chi connectivity index (χ0n) is 11.8. The van der Waals surface area contributed by atoms with E-state index in [9.17, 15) is 0 Å². The lowest BCUT2D eigenvalue weighted by molar-refractivity contribution is 1.12. The molecule has 0 aliphatic rings. The highest BCUT2D eigenvalue weighted by molar-refractivity contribution is 5.91. The van der Waals surface area contributed by atoms with Gasteiger partial charge >= 0.3 is 0 Å². The van der Waals surface area contributed by atoms with Gasteiger partial charge in [-0.1, -0.05) is 39.3 Å². The first-order valence-corrected chi connectivity index (χ1v) is 6.52. The van der Waals surface area contributed by atoms with Gasteiger partial charge in [-0.25, -0.2) is 9.97 Å². The van der Waals surface area contributed by atoms with Crippen LogP contribution < -0.4 is 0 Å². The van der Waals surface area contributed by atoms with E-state index in [1.165, 1.54) is 5.56 Å². The van der Waals surface area contributed by atoms with Crippen molar-refractivity contribution in [3.05, 3.63) is 42.5 Å². The molecule has 0 N–H and O–H groups in total. The van der Waals surface area contributed by atoms with Crippen LogP contribution in [0.15, 0.2) is 36.9 Å². The van der Waals surface area contributed by atoms with Crippen LogP contribution in [0.5, 0.6) is 0 Å². The van der Waals surface area contributed by atoms with Gasteiger partial charge < -0.3 is 0 Å². The molecule has 0 saturated carbocycles. The van der Waals surface area contributed by atoms with Crippen molar-refractivity contribution in [2.75, 3.05) is 0 Å². The second kappa shape index (κ2) is 6.74. The van der Waals surface area contributed by atoms with Gasteiger partial charge in [0.1, 0.15) is 12.0 Å². The standard InChI is InChI=1S/C11H9N3.2C2H6/c1-8-2-3-10-9(6-8)11-12-4-5-14(11)7-13-10;2*1-2/h2-7H,1H3;2*1-2H3. The van der Waals surface area contributed by atoms with Gasteiger partial charge in [-0.3, -0.25) is 4.40 Å². The van der Waals surface area contributed by atoms with Crippen LogP contribution in [0.1, 0.15) is 33.3 Å². The third kappa shape index (κ3) is 2.67. The Labute approximate surface area is 109 Å². The zero-order valence-corrected chi connectivity index (χ0v) is 11.8. The summed E-state index contributed by atoms with van der Waals surface area (Å²) in [6.07, 6.45) is 5.49. The van der Waals surface area contributed by atoms with E-state index in [0.29, 0.717) is 0 Å². The van der Waals surface area contributed by atoms with E-state index >= 15 is 0 Å². The Morgan fingerprint density at radius 2 is 1.72 bits per heavy atom. The number of aryl methyl sites for hydroxylation is 1. The fourth-order valence-electron chi connectivity index (χ4n) is 1.68. The van der Waals surface area contributed by atoms with Gasteiger partial charge in [0.05, 0.1) is 5.52 Å². The summed E-state index contributed by atoms with van der Waals surface area (Å²) in [5, 5.41) is 1.11. The lowest BCUT2D eigenvalue weighted by Gasteiger charge is -2.00. The molecule has 0 aliphatic carbocycles. The maximum Gasteiger partial charge on any atom is 0.147 e. The molecule has 2 aromatic heterocycles. The lowest BCUT2D eigenvalue weighted by Crippen LogP contribution is -1.88. The molecule has 96 valence electrons. The van der Waals surface area contributed by atoms with E-state index in [4.69, 9.17) is 0 Å². The van der Waals surface area contributed by atoms with Gasteiger partial charge in [0.15, 0.2) is 0 Å². The molecule has 0 amide bonds. The van der Waals surface area contributed by atoms with Crippen LogP contribution in [0, 0.1) is 6.92 Å². The summed E-state index contributed by atoms with van der Waals surface area (Å²) < 4.78 is 1.93. The van der Waals surface area contributed by atoms with Crippen molar-refractivity contribution in [3.63, 3.8) is 0 Å². The van der Waals surface area contributed by atoms with E-state index in [-0.39, 0.29) is 0 Å². The van der Waals surface area contributed by atoms with Crippen LogP contribution >= 0.6 is 0 Å². The number of hydrogen-bond donors (Lipinski definition) is 0. The molecule has 0 saturated heterocycles. The Bertz CT molecular complexity index is 611. The summed E-state index contributed by atoms with van der Waals surface area (Å²) in [4.78, 5) is 8.66. The number of nitrogens with zero attached hydrogens (tertiary/aromatic N) is 3. The Hall–Kier alpha value is -1.90. The summed E-state index contributed by atoms with van der Waals surface area (Å²) in [5.41, 5.74) is 3.20. The molecule has 3 heteroatoms. The number of benzene rings is 1. The molecular formula is C15H21N3. The minimum atomic E-state index is 0.971. The molecule has 0 unspecified atom stereocenters. The minimum absolute atomic E-state index is 0.971. The topological polar surface area (TPSA) is 30.2 Å². The average Bonchev–Trinajstić information content (AvgIpc) is 2.92. The number of fused-ring (bicyclic) bond motifs is 3. The molecule has 0 fully saturated rings. The summed E-state index contributed by atoms with van der Waals surface area (Å²) in [6.45, 7) is 10.1. The minimum Gasteiger partial charge on any atom is -0.290 e. The first-order valence-electron chi connectivity index (χ1n) is 6.52. The molecule has 3 nitrogen and oxygen atoms in total. The maximum absolute atomic E-state index is 4.35. The lowest BCUT2D eigenvalue weighted by atomic mass is 10.2. The normalized spacial score (nSPS) is 9.39. The summed E-state index contributed by atoms with van der Waals surface area (Å²) in [6, 6.07) is 6.21. The first kappa shape index (κ1) is 14.2. The van der Waals surface area contributed by atoms with E-state index in [1.807, 2.05) is 44.4 Å². The predicted molar refractivity (Wildman–Crippen MR) is 77.9 cm³/mol. The fourth-order valence-corrected chi connectivity index (χ4v) is 1.68. The number of rotatable bonds is 0. The monoisotopic (exact) mass is 243 g/mol. The maximum atomic E-state index is 4.35. The highest BCUT2D eigenvalue weighted by Gasteiger charge is 2.01. The Morgan fingerprint density at radius 1 is 1.00 bits per heavy atom. The highest BCUT2D eigenvalue weighted by atomic mass is 15.0. The smallest absolute Gasteiger partial charge is 0.147 e. The van der Waals surface area contributed by atoms with Gasteiger partial charge in [-0.2, -0.15) is 0 Å². The second-order valence-electron chi connectivity index (χ2n) is 3.42. The van der Waals surface area contributed by atoms with Crippen LogP contribution in [0.2, 0.25) is 0 Å². The number of aromatic nitrogens is 3. The van der Waals surface area contributed by atoms with E-state index in [0.717, 1.165) is 16.6 Å². The fraction of sp³-hybridized carbons (Fsp3) is 0.333. The summed E-state index contributed by atoms with van der Waals surface area (Å²) in [7, 11) is 0. The summed E-state index contributed by atoms with van der Waals surface area (Å²) >= 11 is 0. The Kier molecular flexibility index (Phi) is 5.31. The second-order valence-corrected chi connectivity index (χ2v) is 3.42. The third-order valence-electron chi connectivity index (χ3n) is 2.38. The van der Waals surface area contributed by atoms with Crippen molar-refractivity contribution in [1.29, 1.82) is 0 Å². The van der Waals surface area contributed by atoms with Gasteiger partial charge in [-0.05, 0) is 19.1 Å². The van der Waals surface area contributed by atoms with E-state index in [2.05, 4.69) is 29.0 Å². The van der Waals surface area contributed by atoms with E-state index < -0.39 is 0 Å². The van der Waals surface area contributed by atoms with Crippen molar-refractivity contribution in [2.45, 2.75) is 34.6 Å². The van der Waals surface area contributed by atoms with Crippen LogP contribution in [0.3, 0.4) is 0 Å². The molecule has 0 atom stereocenters. The van der Waals surface area contributed by atoms with Crippen LogP contribution in [0.4, 0.5) is 0 Å². The molecule has 18 heavy (non-hydrogen) atoms. The van der Waals surface area contributed by atoms with Crippen molar-refractivity contribution >= 4 is 16.6 Å². The number of imidazole rings is 1. The SMILES string of the molecule is CC.CC.Cc1ccc2ncn3ccnc3c2c1. The first-order chi connectivity index (χ1) is 8.84. The van der Waals surface area contributed by atoms with Gasteiger partial charge in [0, 0.05) is 17.8 Å². The molecule has 2 heterocycles. The Morgan fingerprint density at radius 3 is 2.44 bits per heavy atom. The van der Waals surface area contributed by atoms with Crippen molar-refractivity contribution < 1.29 is 0 Å². The molecule has 1 aromatic carbocycles. The average molecular weight is 243 g/mol. The molecule has 0 aliphatic heterocycles. The van der Waals surface area contributed by atoms with Crippen LogP contribution in [0.25, 0.3) is 16.6 Å². The van der Waals surface area contributed by atoms with Gasteiger partial charge in [0.2, 0.25) is 0 Å². The van der Waals surface area contributed by atoms with Crippen molar-refractivity contribution in [1.82, 2.24) is 14.4 Å². The highest BCUT2D eigenvalue weighted by Crippen LogP contribution is 2.17. The summed E-state index contributed by atoms with van der Waals surface area (Å²) in [5.74, 6) is 0. The van der Waals surface area contributed by atoms with Crippen LogP contribution in [-0.2, 0) is 0 Å². The largest absolute Gasteiger partial charge is 0.290 e. The molecule has 3 rings (SSSR count). The van der Waals surface area contributed by atoms with Crippen molar-refractivity contribution in [2.24, 2.45) is 0 Å². The van der Waals surface area contributed by atoms with Crippen molar-refractivity contribution in [3.8, 4) is 0 Å². The van der Waals surface area contributed by atoms with E-state index in [1.54, 1.807) is 12.5 Å². The zero-order chi connectivity index (χ0) is 13.5. The van der Waals surface area contributed by atoms with Crippen LogP contribution in [-0.4, -0.2) is 14.4 Å². The van der Waals surface area contributed by atoms with Gasteiger partial charge in [0.25, 0.3) is 0 Å². The molecule has 0 spiro atoms. The van der Waals surface area contributed by atoms with Gasteiger partial charge in [-0.15, -0.1) is 0 Å².